The number of hydrogen-bond donors (Lipinski definition) is 2. The van der Waals surface area contributed by atoms with Gasteiger partial charge in [0.15, 0.2) is 5.96 Å². The minimum atomic E-state index is 0.519. The number of nitrogens with zero attached hydrogens (tertiary/aromatic N) is 1. The van der Waals surface area contributed by atoms with Crippen molar-refractivity contribution in [3.05, 3.63) is 42.5 Å². The second-order valence-corrected chi connectivity index (χ2v) is 5.67. The van der Waals surface area contributed by atoms with Gasteiger partial charge < -0.3 is 15.4 Å². The van der Waals surface area contributed by atoms with Crippen molar-refractivity contribution in [1.82, 2.24) is 10.6 Å². The van der Waals surface area contributed by atoms with Crippen molar-refractivity contribution in [1.29, 1.82) is 0 Å². The average Bonchev–Trinajstić information content (AvgIpc) is 3.28. The van der Waals surface area contributed by atoms with E-state index in [1.165, 1.54) is 19.3 Å². The van der Waals surface area contributed by atoms with E-state index in [1.807, 2.05) is 25.2 Å². The van der Waals surface area contributed by atoms with E-state index < -0.39 is 0 Å². The Labute approximate surface area is 133 Å². The quantitative estimate of drug-likeness (QED) is 0.440. The fourth-order valence-electron chi connectivity index (χ4n) is 2.60. The van der Waals surface area contributed by atoms with Crippen LogP contribution in [0.1, 0.15) is 31.7 Å². The third kappa shape index (κ3) is 4.79. The molecule has 1 aliphatic carbocycles. The highest BCUT2D eigenvalue weighted by molar-refractivity contribution is 5.80. The lowest BCUT2D eigenvalue weighted by Crippen LogP contribution is -2.38. The Morgan fingerprint density at radius 3 is 3.00 bits per heavy atom. The summed E-state index contributed by atoms with van der Waals surface area (Å²) in [6, 6.07) is 8.63. The molecule has 0 amide bonds. The number of aliphatic imine (C=N–C) groups is 1. The van der Waals surface area contributed by atoms with E-state index in [0.717, 1.165) is 23.2 Å². The van der Waals surface area contributed by atoms with Gasteiger partial charge in [0.2, 0.25) is 0 Å². The first-order valence-electron chi connectivity index (χ1n) is 8.07. The number of ether oxygens (including phenoxy) is 1. The largest absolute Gasteiger partial charge is 0.489 e. The molecule has 0 aliphatic heterocycles. The molecule has 1 aliphatic rings. The molecule has 1 aromatic carbocycles. The van der Waals surface area contributed by atoms with Gasteiger partial charge >= 0.3 is 0 Å². The third-order valence-electron chi connectivity index (χ3n) is 3.90. The van der Waals surface area contributed by atoms with Crippen LogP contribution in [0.3, 0.4) is 0 Å². The molecule has 0 saturated heterocycles. The van der Waals surface area contributed by atoms with Crippen molar-refractivity contribution in [2.75, 3.05) is 13.7 Å². The Kier molecular flexibility index (Phi) is 6.31. The van der Waals surface area contributed by atoms with Crippen LogP contribution in [0, 0.1) is 5.92 Å². The molecule has 0 heterocycles. The van der Waals surface area contributed by atoms with Crippen LogP contribution in [0.15, 0.2) is 41.9 Å². The Morgan fingerprint density at radius 1 is 1.45 bits per heavy atom. The summed E-state index contributed by atoms with van der Waals surface area (Å²) in [6.45, 7) is 7.13. The number of hydrogen-bond acceptors (Lipinski definition) is 2. The molecule has 1 aromatic rings. The summed E-state index contributed by atoms with van der Waals surface area (Å²) in [7, 11) is 1.81. The molecule has 4 heteroatoms. The van der Waals surface area contributed by atoms with Crippen molar-refractivity contribution >= 4 is 5.96 Å². The molecule has 4 nitrogen and oxygen atoms in total. The van der Waals surface area contributed by atoms with Crippen LogP contribution in [-0.4, -0.2) is 25.7 Å². The zero-order valence-corrected chi connectivity index (χ0v) is 13.6. The number of nitrogens with one attached hydrogen (secondary N) is 2. The van der Waals surface area contributed by atoms with Crippen LogP contribution in [0.2, 0.25) is 0 Å². The maximum absolute atomic E-state index is 5.68. The average molecular weight is 301 g/mol. The molecule has 2 N–H and O–H groups in total. The molecule has 1 fully saturated rings. The SMILES string of the molecule is C=CCOc1ccccc1CNC(=NC)NC1CC1CCC. The Hall–Kier alpha value is -1.97. The van der Waals surface area contributed by atoms with Crippen LogP contribution >= 0.6 is 0 Å². The smallest absolute Gasteiger partial charge is 0.191 e. The predicted molar refractivity (Wildman–Crippen MR) is 92.3 cm³/mol. The van der Waals surface area contributed by atoms with Gasteiger partial charge in [-0.1, -0.05) is 44.2 Å². The normalized spacial score (nSPS) is 20.4. The van der Waals surface area contributed by atoms with Gasteiger partial charge in [-0.2, -0.15) is 0 Å². The molecule has 2 atom stereocenters. The van der Waals surface area contributed by atoms with E-state index in [0.29, 0.717) is 19.2 Å². The van der Waals surface area contributed by atoms with E-state index in [2.05, 4.69) is 35.2 Å². The Bertz CT molecular complexity index is 513. The van der Waals surface area contributed by atoms with Gasteiger partial charge in [0.25, 0.3) is 0 Å². The molecular formula is C18H27N3O. The van der Waals surface area contributed by atoms with Crippen LogP contribution in [-0.2, 0) is 6.54 Å². The van der Waals surface area contributed by atoms with Gasteiger partial charge in [0.1, 0.15) is 12.4 Å². The number of guanidine groups is 1. The highest BCUT2D eigenvalue weighted by Crippen LogP contribution is 2.34. The summed E-state index contributed by atoms with van der Waals surface area (Å²) in [4.78, 5) is 4.31. The lowest BCUT2D eigenvalue weighted by atomic mass is 10.2. The first-order valence-corrected chi connectivity index (χ1v) is 8.07. The highest BCUT2D eigenvalue weighted by Gasteiger charge is 2.36. The molecule has 2 rings (SSSR count). The summed E-state index contributed by atoms with van der Waals surface area (Å²) >= 11 is 0. The van der Waals surface area contributed by atoms with Gasteiger partial charge in [-0.15, -0.1) is 0 Å². The standard InChI is InChI=1S/C18H27N3O/c1-4-8-14-12-16(14)21-18(19-3)20-13-15-9-6-7-10-17(15)22-11-5-2/h5-7,9-10,14,16H,2,4,8,11-13H2,1,3H3,(H2,19,20,21). The van der Waals surface area contributed by atoms with Crippen molar-refractivity contribution in [2.24, 2.45) is 10.9 Å². The second-order valence-electron chi connectivity index (χ2n) is 5.67. The minimum Gasteiger partial charge on any atom is -0.489 e. The molecule has 0 bridgehead atoms. The van der Waals surface area contributed by atoms with Crippen LogP contribution < -0.4 is 15.4 Å². The molecule has 2 unspecified atom stereocenters. The van der Waals surface area contributed by atoms with E-state index >= 15 is 0 Å². The van der Waals surface area contributed by atoms with Crippen LogP contribution in [0.5, 0.6) is 5.75 Å². The zero-order chi connectivity index (χ0) is 15.8. The third-order valence-corrected chi connectivity index (χ3v) is 3.90. The van der Waals surface area contributed by atoms with Gasteiger partial charge in [-0.05, 0) is 24.8 Å². The molecule has 0 spiro atoms. The molecule has 22 heavy (non-hydrogen) atoms. The van der Waals surface area contributed by atoms with Gasteiger partial charge in [0, 0.05) is 25.2 Å². The van der Waals surface area contributed by atoms with E-state index in [-0.39, 0.29) is 0 Å². The summed E-state index contributed by atoms with van der Waals surface area (Å²) < 4.78 is 5.68. The lowest BCUT2D eigenvalue weighted by molar-refractivity contribution is 0.358. The maximum atomic E-state index is 5.68. The number of rotatable bonds is 8. The summed E-state index contributed by atoms with van der Waals surface area (Å²) in [5, 5.41) is 6.86. The molecule has 0 radical (unpaired) electrons. The predicted octanol–water partition coefficient (Wildman–Crippen LogP) is 3.11. The van der Waals surface area contributed by atoms with Crippen molar-refractivity contribution < 1.29 is 4.74 Å². The summed E-state index contributed by atoms with van der Waals surface area (Å²) in [5.41, 5.74) is 1.12. The fourth-order valence-corrected chi connectivity index (χ4v) is 2.60. The van der Waals surface area contributed by atoms with Crippen LogP contribution in [0.25, 0.3) is 0 Å². The molecule has 0 aromatic heterocycles. The number of benzene rings is 1. The molecule has 120 valence electrons. The van der Waals surface area contributed by atoms with E-state index in [9.17, 15) is 0 Å². The summed E-state index contributed by atoms with van der Waals surface area (Å²) in [5.74, 6) is 2.56. The maximum Gasteiger partial charge on any atom is 0.191 e. The van der Waals surface area contributed by atoms with E-state index in [1.54, 1.807) is 6.08 Å². The molecule has 1 saturated carbocycles. The van der Waals surface area contributed by atoms with Crippen molar-refractivity contribution in [3.8, 4) is 5.75 Å². The minimum absolute atomic E-state index is 0.519. The molecular weight excluding hydrogens is 274 g/mol. The van der Waals surface area contributed by atoms with Crippen molar-refractivity contribution in [3.63, 3.8) is 0 Å². The fraction of sp³-hybridized carbons (Fsp3) is 0.500. The summed E-state index contributed by atoms with van der Waals surface area (Å²) in [6.07, 6.45) is 5.56. The lowest BCUT2D eigenvalue weighted by Gasteiger charge is -2.14. The van der Waals surface area contributed by atoms with Gasteiger partial charge in [0.05, 0.1) is 0 Å². The van der Waals surface area contributed by atoms with Gasteiger partial charge in [-0.3, -0.25) is 4.99 Å². The van der Waals surface area contributed by atoms with Crippen molar-refractivity contribution in [2.45, 2.75) is 38.8 Å². The first kappa shape index (κ1) is 16.4. The highest BCUT2D eigenvalue weighted by atomic mass is 16.5. The van der Waals surface area contributed by atoms with Crippen LogP contribution in [0.4, 0.5) is 0 Å². The zero-order valence-electron chi connectivity index (χ0n) is 13.6. The van der Waals surface area contributed by atoms with Gasteiger partial charge in [-0.25, -0.2) is 0 Å². The number of para-hydroxylation sites is 1. The Morgan fingerprint density at radius 2 is 2.27 bits per heavy atom. The second kappa shape index (κ2) is 8.47. The first-order chi connectivity index (χ1) is 10.8. The monoisotopic (exact) mass is 301 g/mol. The van der Waals surface area contributed by atoms with E-state index in [4.69, 9.17) is 4.74 Å². The Balaban J connectivity index is 1.84. The topological polar surface area (TPSA) is 45.6 Å².